The molecule has 0 unspecified atom stereocenters. The zero-order valence-electron chi connectivity index (χ0n) is 14.5. The van der Waals surface area contributed by atoms with E-state index < -0.39 is 11.8 Å². The molecule has 8 heteroatoms. The highest BCUT2D eigenvalue weighted by atomic mass is 16.2. The van der Waals surface area contributed by atoms with Crippen LogP contribution in [0.25, 0.3) is 9.69 Å². The quantitative estimate of drug-likeness (QED) is 0.370. The van der Waals surface area contributed by atoms with Crippen molar-refractivity contribution in [2.24, 2.45) is 0 Å². The van der Waals surface area contributed by atoms with E-state index in [1.807, 2.05) is 0 Å². The molecule has 28 heavy (non-hydrogen) atoms. The Bertz CT molecular complexity index is 1190. The third-order valence-electron chi connectivity index (χ3n) is 3.59. The first-order chi connectivity index (χ1) is 13.4. The molecular weight excluding hydrogens is 356 g/mol. The Hall–Kier alpha value is -5.20. The molecule has 0 radical (unpaired) electrons. The molecule has 0 atom stereocenters. The van der Waals surface area contributed by atoms with Crippen molar-refractivity contribution in [2.45, 2.75) is 0 Å². The van der Waals surface area contributed by atoms with Crippen LogP contribution in [0.3, 0.4) is 0 Å². The third-order valence-corrected chi connectivity index (χ3v) is 3.59. The van der Waals surface area contributed by atoms with E-state index in [0.717, 1.165) is 9.80 Å². The number of amides is 2. The van der Waals surface area contributed by atoms with Gasteiger partial charge in [0.1, 0.15) is 36.7 Å². The fourth-order valence-electron chi connectivity index (χ4n) is 2.28. The number of nitriles is 2. The summed E-state index contributed by atoms with van der Waals surface area (Å²) in [5, 5.41) is 17.4. The number of likely N-dealkylation sites (N-methyl/N-ethyl adjacent to an activating group) is 2. The van der Waals surface area contributed by atoms with Crippen LogP contribution in [0.1, 0.15) is 0 Å². The minimum Gasteiger partial charge on any atom is -0.303 e. The smallest absolute Gasteiger partial charge is 0.303 e. The second-order valence-electron chi connectivity index (χ2n) is 5.07. The van der Waals surface area contributed by atoms with Crippen LogP contribution in [0.5, 0.6) is 0 Å². The minimum atomic E-state index is -0.509. The van der Waals surface area contributed by atoms with Gasteiger partial charge in [0.15, 0.2) is 5.57 Å². The van der Waals surface area contributed by atoms with Gasteiger partial charge in [-0.05, 0) is 28.7 Å². The maximum Gasteiger partial charge on any atom is 0.574 e. The minimum absolute atomic E-state index is 0.0450. The Labute approximate surface area is 159 Å². The van der Waals surface area contributed by atoms with Gasteiger partial charge in [0.2, 0.25) is 0 Å². The summed E-state index contributed by atoms with van der Waals surface area (Å²) < 4.78 is 0. The fraction of sp³-hybridized carbons (Fsp3) is 0.100. The normalized spacial score (nSPS) is 13.5. The van der Waals surface area contributed by atoms with Gasteiger partial charge in [-0.25, -0.2) is 0 Å². The molecule has 2 aliphatic heterocycles. The molecule has 0 N–H and O–H groups in total. The molecule has 2 heterocycles. The van der Waals surface area contributed by atoms with Crippen molar-refractivity contribution in [1.82, 2.24) is 9.80 Å². The number of hydrogen-bond acceptors (Lipinski definition) is 4. The van der Waals surface area contributed by atoms with Crippen molar-refractivity contribution in [1.29, 1.82) is 10.5 Å². The van der Waals surface area contributed by atoms with E-state index in [9.17, 15) is 9.59 Å². The summed E-state index contributed by atoms with van der Waals surface area (Å²) >= 11 is 0. The molecule has 128 valence electrons. The Morgan fingerprint density at radius 1 is 0.857 bits per heavy atom. The van der Waals surface area contributed by atoms with Gasteiger partial charge in [0.05, 0.1) is 11.1 Å². The lowest BCUT2D eigenvalue weighted by Crippen LogP contribution is -2.29. The van der Waals surface area contributed by atoms with Gasteiger partial charge in [0, 0.05) is 19.8 Å². The molecule has 0 aromatic heterocycles. The van der Waals surface area contributed by atoms with Crippen LogP contribution in [-0.4, -0.2) is 35.7 Å². The molecular formula is C20H6N6O2. The third kappa shape index (κ3) is 3.16. The molecule has 0 spiro atoms. The number of allylic oxidation sites excluding steroid dienone is 1. The predicted octanol–water partition coefficient (Wildman–Crippen LogP) is 1.47. The van der Waals surface area contributed by atoms with Crippen molar-refractivity contribution in [3.63, 3.8) is 0 Å². The van der Waals surface area contributed by atoms with Crippen molar-refractivity contribution < 1.29 is 9.59 Å². The van der Waals surface area contributed by atoms with Crippen molar-refractivity contribution in [2.75, 3.05) is 14.1 Å². The number of nitrogens with zero attached hydrogens (tertiary/aromatic N) is 6. The molecule has 0 saturated heterocycles. The van der Waals surface area contributed by atoms with E-state index in [2.05, 4.69) is 44.1 Å². The summed E-state index contributed by atoms with van der Waals surface area (Å²) in [4.78, 5) is 33.3. The largest absolute Gasteiger partial charge is 0.574 e. The van der Waals surface area contributed by atoms with Crippen LogP contribution in [-0.2, 0) is 9.59 Å². The van der Waals surface area contributed by atoms with Gasteiger partial charge in [-0.3, -0.25) is 9.59 Å². The van der Waals surface area contributed by atoms with Gasteiger partial charge in [-0.2, -0.15) is 10.5 Å². The van der Waals surface area contributed by atoms with Crippen molar-refractivity contribution >= 4 is 11.8 Å². The SMILES string of the molecule is [C-]#[N+]C(=C=C=C=C1C2=C(C(=O)N1C)C(=C=C=C=C(C#N)C#N)N(C)C2=O)[N+]#[C-]. The van der Waals surface area contributed by atoms with Gasteiger partial charge >= 0.3 is 5.82 Å². The summed E-state index contributed by atoms with van der Waals surface area (Å²) in [7, 11) is 2.84. The average Bonchev–Trinajstić information content (AvgIpc) is 3.09. The summed E-state index contributed by atoms with van der Waals surface area (Å²) in [6.07, 6.45) is 0. The van der Waals surface area contributed by atoms with E-state index in [-0.39, 0.29) is 33.9 Å². The first-order valence-corrected chi connectivity index (χ1v) is 7.29. The molecule has 0 aromatic rings. The van der Waals surface area contributed by atoms with E-state index >= 15 is 0 Å². The first kappa shape index (κ1) is 19.1. The second-order valence-corrected chi connectivity index (χ2v) is 5.07. The highest BCUT2D eigenvalue weighted by Gasteiger charge is 2.46. The lowest BCUT2D eigenvalue weighted by atomic mass is 10.1. The summed E-state index contributed by atoms with van der Waals surface area (Å²) in [6, 6.07) is 3.20. The summed E-state index contributed by atoms with van der Waals surface area (Å²) in [6.45, 7) is 13.6. The lowest BCUT2D eigenvalue weighted by Gasteiger charge is -2.17. The lowest BCUT2D eigenvalue weighted by molar-refractivity contribution is -0.124. The van der Waals surface area contributed by atoms with Crippen molar-refractivity contribution in [3.05, 3.63) is 91.2 Å². The van der Waals surface area contributed by atoms with Crippen LogP contribution in [0, 0.1) is 35.8 Å². The van der Waals surface area contributed by atoms with E-state index in [4.69, 9.17) is 23.7 Å². The number of carbonyl (C=O) groups is 2. The number of rotatable bonds is 0. The standard InChI is InChI=1S/C20H6N6O2/c1-23-16(24-2)10-6-9-15-18-17(19(27)26(15)4)14(25(3)20(18)28)8-5-7-13(11-21)12-22/h3-4H3. The van der Waals surface area contributed by atoms with Crippen LogP contribution in [0.15, 0.2) is 68.3 Å². The highest BCUT2D eigenvalue weighted by Crippen LogP contribution is 2.39. The van der Waals surface area contributed by atoms with Crippen LogP contribution >= 0.6 is 0 Å². The summed E-state index contributed by atoms with van der Waals surface area (Å²) in [5.41, 5.74) is 14.4. The molecule has 0 aromatic carbocycles. The van der Waals surface area contributed by atoms with Crippen LogP contribution < -0.4 is 0 Å². The first-order valence-electron chi connectivity index (χ1n) is 7.29. The molecule has 0 fully saturated rings. The Morgan fingerprint density at radius 3 is 1.68 bits per heavy atom. The Morgan fingerprint density at radius 2 is 1.29 bits per heavy atom. The predicted molar refractivity (Wildman–Crippen MR) is 92.1 cm³/mol. The van der Waals surface area contributed by atoms with Crippen LogP contribution in [0.2, 0.25) is 0 Å². The van der Waals surface area contributed by atoms with Gasteiger partial charge in [-0.15, -0.1) is 9.69 Å². The zero-order chi connectivity index (χ0) is 20.8. The number of carbonyl (C=O) groups excluding carboxylic acids is 2. The molecule has 2 aliphatic rings. The topological polar surface area (TPSA) is 96.9 Å². The van der Waals surface area contributed by atoms with Crippen molar-refractivity contribution in [3.8, 4) is 12.1 Å². The summed E-state index contributed by atoms with van der Waals surface area (Å²) in [5.74, 6) is -1.38. The Kier molecular flexibility index (Phi) is 5.32. The van der Waals surface area contributed by atoms with Gasteiger partial charge < -0.3 is 9.80 Å². The molecule has 0 saturated carbocycles. The maximum absolute atomic E-state index is 12.6. The molecule has 0 bridgehead atoms. The Balaban J connectivity index is 2.87. The average molecular weight is 362 g/mol. The molecule has 2 amide bonds. The van der Waals surface area contributed by atoms with E-state index in [1.54, 1.807) is 12.1 Å². The monoisotopic (exact) mass is 362 g/mol. The maximum atomic E-state index is 12.6. The molecule has 0 aliphatic carbocycles. The fourth-order valence-corrected chi connectivity index (χ4v) is 2.28. The highest BCUT2D eigenvalue weighted by molar-refractivity contribution is 6.19. The molecule has 2 rings (SSSR count). The van der Waals surface area contributed by atoms with E-state index in [1.165, 1.54) is 14.1 Å². The van der Waals surface area contributed by atoms with E-state index in [0.29, 0.717) is 0 Å². The van der Waals surface area contributed by atoms with Gasteiger partial charge in [-0.1, -0.05) is 0 Å². The van der Waals surface area contributed by atoms with Gasteiger partial charge in [0.25, 0.3) is 11.8 Å². The van der Waals surface area contributed by atoms with Crippen LogP contribution in [0.4, 0.5) is 0 Å². The molecule has 8 nitrogen and oxygen atoms in total. The number of hydrogen-bond donors (Lipinski definition) is 0. The zero-order valence-corrected chi connectivity index (χ0v) is 14.5. The second kappa shape index (κ2) is 7.79.